The van der Waals surface area contributed by atoms with E-state index in [0.29, 0.717) is 0 Å². The van der Waals surface area contributed by atoms with E-state index in [9.17, 15) is 0 Å². The van der Waals surface area contributed by atoms with Crippen LogP contribution in [0.15, 0.2) is 24.3 Å². The van der Waals surface area contributed by atoms with E-state index in [1.165, 1.54) is 11.1 Å². The average molecular weight is 223 g/mol. The maximum atomic E-state index is 2.12. The van der Waals surface area contributed by atoms with Gasteiger partial charge >= 0.3 is 23.1 Å². The maximum absolute atomic E-state index is 2.12. The predicted molar refractivity (Wildman–Crippen MR) is 46.0 cm³/mol. The summed E-state index contributed by atoms with van der Waals surface area (Å²) < 4.78 is 0. The zero-order valence-electron chi connectivity index (χ0n) is 6.97. The molecule has 11 heavy (non-hydrogen) atoms. The number of halogens is 1. The monoisotopic (exact) mass is 222 g/mol. The number of hydrogen-bond acceptors (Lipinski definition) is 0. The van der Waals surface area contributed by atoms with Crippen molar-refractivity contribution in [3.8, 4) is 0 Å². The molecule has 0 heterocycles. The molecule has 0 bridgehead atoms. The van der Waals surface area contributed by atoms with E-state index >= 15 is 0 Å². The van der Waals surface area contributed by atoms with Crippen molar-refractivity contribution in [3.63, 3.8) is 0 Å². The Hall–Kier alpha value is 0.336. The van der Waals surface area contributed by atoms with Crippen molar-refractivity contribution < 1.29 is 17.0 Å². The van der Waals surface area contributed by atoms with Gasteiger partial charge in [0.1, 0.15) is 0 Å². The van der Waals surface area contributed by atoms with Gasteiger partial charge in [0.05, 0.1) is 0 Å². The zero-order chi connectivity index (χ0) is 6.69. The molecule has 2 heteroatoms. The summed E-state index contributed by atoms with van der Waals surface area (Å²) in [5.41, 5.74) is 2.61. The third-order valence-electron chi connectivity index (χ3n) is 1.41. The smallest absolute Gasteiger partial charge is 1.00 e. The van der Waals surface area contributed by atoms with Crippen molar-refractivity contribution in [1.29, 1.82) is 0 Å². The second-order valence-electron chi connectivity index (χ2n) is 2.20. The van der Waals surface area contributed by atoms with Gasteiger partial charge in [-0.1, -0.05) is 12.5 Å². The largest absolute Gasteiger partial charge is 2.00 e. The molecule has 0 aliphatic carbocycles. The summed E-state index contributed by atoms with van der Waals surface area (Å²) in [6.45, 7) is 4.14. The Balaban J connectivity index is 0. The minimum atomic E-state index is 0. The molecule has 1 aromatic rings. The molecule has 0 aliphatic rings. The van der Waals surface area contributed by atoms with Crippen LogP contribution >= 0.6 is 0 Å². The Labute approximate surface area is 95.3 Å². The van der Waals surface area contributed by atoms with Crippen LogP contribution in [0.5, 0.6) is 0 Å². The minimum absolute atomic E-state index is 0. The summed E-state index contributed by atoms with van der Waals surface area (Å²) in [6.07, 6.45) is 2.10. The molecule has 1 rings (SSSR count). The van der Waals surface area contributed by atoms with Crippen LogP contribution in [0.1, 0.15) is 18.1 Å². The van der Waals surface area contributed by atoms with Crippen LogP contribution in [-0.2, 0) is 0 Å². The van der Waals surface area contributed by atoms with Crippen molar-refractivity contribution >= 4 is 23.1 Å². The molecule has 0 fully saturated rings. The van der Waals surface area contributed by atoms with Crippen molar-refractivity contribution in [2.45, 2.75) is 13.8 Å². The molecule has 0 saturated heterocycles. The summed E-state index contributed by atoms with van der Waals surface area (Å²) in [5, 5.41) is 0. The third-order valence-corrected chi connectivity index (χ3v) is 1.41. The Kier molecular flexibility index (Phi) is 8.86. The van der Waals surface area contributed by atoms with Crippen LogP contribution in [0.4, 0.5) is 0 Å². The first kappa shape index (κ1) is 13.9. The van der Waals surface area contributed by atoms with Crippen molar-refractivity contribution in [3.05, 3.63) is 41.8 Å². The summed E-state index contributed by atoms with van der Waals surface area (Å²) in [4.78, 5) is 0. The molecule has 0 unspecified atom stereocenters. The molecule has 0 aliphatic heterocycles. The van der Waals surface area contributed by atoms with Crippen molar-refractivity contribution in [2.75, 3.05) is 0 Å². The van der Waals surface area contributed by atoms with Crippen LogP contribution < -0.4 is 17.0 Å². The van der Waals surface area contributed by atoms with E-state index < -0.39 is 0 Å². The van der Waals surface area contributed by atoms with E-state index in [-0.39, 0.29) is 40.0 Å². The van der Waals surface area contributed by atoms with E-state index in [1.807, 2.05) is 6.92 Å². The Morgan fingerprint density at radius 1 is 1.09 bits per heavy atom. The molecule has 56 valence electrons. The molecule has 1 aromatic carbocycles. The molecule has 0 nitrogen and oxygen atoms in total. The van der Waals surface area contributed by atoms with Crippen LogP contribution in [-0.4, -0.2) is 23.1 Å². The first-order valence-electron chi connectivity index (χ1n) is 3.19. The van der Waals surface area contributed by atoms with Gasteiger partial charge in [-0.05, 0) is 6.92 Å². The minimum Gasteiger partial charge on any atom is -1.00 e. The summed E-state index contributed by atoms with van der Waals surface area (Å²) in [5.74, 6) is 0. The number of aryl methyl sites for hydroxylation is 1. The van der Waals surface area contributed by atoms with Gasteiger partial charge in [0, 0.05) is 0 Å². The number of rotatable bonds is 1. The van der Waals surface area contributed by atoms with Crippen molar-refractivity contribution in [2.24, 2.45) is 0 Å². The normalized spacial score (nSPS) is 7.45. The molecule has 0 radical (unpaired) electrons. The number of benzene rings is 1. The van der Waals surface area contributed by atoms with Gasteiger partial charge in [-0.2, -0.15) is 24.1 Å². The fraction of sp³-hybridized carbons (Fsp3) is 0.222. The van der Waals surface area contributed by atoms with E-state index in [4.69, 9.17) is 0 Å². The first-order chi connectivity index (χ1) is 4.33. The zero-order valence-corrected chi connectivity index (χ0v) is 9.97. The van der Waals surface area contributed by atoms with Crippen LogP contribution in [0.25, 0.3) is 0 Å². The van der Waals surface area contributed by atoms with Gasteiger partial charge in [-0.3, -0.25) is 0 Å². The van der Waals surface area contributed by atoms with Gasteiger partial charge in [-0.15, -0.1) is 12.1 Å². The maximum Gasteiger partial charge on any atom is 2.00 e. The topological polar surface area (TPSA) is 0 Å². The molecule has 0 N–H and O–H groups in total. The van der Waals surface area contributed by atoms with E-state index in [1.54, 1.807) is 0 Å². The predicted octanol–water partition coefficient (Wildman–Crippen LogP) is -0.809. The molecule has 0 aromatic heterocycles. The Morgan fingerprint density at radius 2 is 1.55 bits per heavy atom. The molecular formula is C9H11BrMg. The fourth-order valence-corrected chi connectivity index (χ4v) is 0.759. The van der Waals surface area contributed by atoms with Gasteiger partial charge in [0.25, 0.3) is 0 Å². The fourth-order valence-electron chi connectivity index (χ4n) is 0.759. The Morgan fingerprint density at radius 3 is 1.91 bits per heavy atom. The Bertz CT molecular complexity index is 181. The second kappa shape index (κ2) is 7.01. The second-order valence-corrected chi connectivity index (χ2v) is 2.20. The van der Waals surface area contributed by atoms with Gasteiger partial charge in [0.2, 0.25) is 0 Å². The summed E-state index contributed by atoms with van der Waals surface area (Å²) in [6, 6.07) is 8.48. The number of hydrogen-bond donors (Lipinski definition) is 0. The summed E-state index contributed by atoms with van der Waals surface area (Å²) >= 11 is 0. The van der Waals surface area contributed by atoms with E-state index in [2.05, 4.69) is 37.6 Å². The average Bonchev–Trinajstić information content (AvgIpc) is 1.90. The van der Waals surface area contributed by atoms with Crippen LogP contribution in [0, 0.1) is 13.3 Å². The SMILES string of the molecule is C[CH-]c1ccc(C)cc1.[Br-].[Mg+2]. The van der Waals surface area contributed by atoms with Gasteiger partial charge in [0.15, 0.2) is 0 Å². The molecule has 0 amide bonds. The van der Waals surface area contributed by atoms with Crippen LogP contribution in [0.3, 0.4) is 0 Å². The molecule has 0 atom stereocenters. The molecule has 0 spiro atoms. The van der Waals surface area contributed by atoms with Crippen molar-refractivity contribution in [1.82, 2.24) is 0 Å². The standard InChI is InChI=1S/C9H11.BrH.Mg/c1-3-9-6-4-8(2)5-7-9;;/h3-7H,1-2H3;1H;/q-1;;+2/p-1. The third kappa shape index (κ3) is 4.72. The van der Waals surface area contributed by atoms with Crippen LogP contribution in [0.2, 0.25) is 0 Å². The summed E-state index contributed by atoms with van der Waals surface area (Å²) in [7, 11) is 0. The first-order valence-corrected chi connectivity index (χ1v) is 3.19. The van der Waals surface area contributed by atoms with Gasteiger partial charge < -0.3 is 17.0 Å². The quantitative estimate of drug-likeness (QED) is 0.432. The molecule has 0 saturated carbocycles. The molecular weight excluding hydrogens is 212 g/mol. The van der Waals surface area contributed by atoms with E-state index in [0.717, 1.165) is 0 Å². The van der Waals surface area contributed by atoms with Gasteiger partial charge in [-0.25, -0.2) is 0 Å².